The molecule has 7 heteroatoms. The minimum absolute atomic E-state index is 0.123. The molecule has 2 aromatic carbocycles. The summed E-state index contributed by atoms with van der Waals surface area (Å²) in [5.41, 5.74) is 2.74. The average Bonchev–Trinajstić information content (AvgIpc) is 2.99. The summed E-state index contributed by atoms with van der Waals surface area (Å²) in [6.07, 6.45) is 0. The van der Waals surface area contributed by atoms with Crippen molar-refractivity contribution in [3.8, 4) is 0 Å². The van der Waals surface area contributed by atoms with Crippen LogP contribution in [0.4, 0.5) is 0 Å². The second-order valence-corrected chi connectivity index (χ2v) is 7.24. The van der Waals surface area contributed by atoms with Crippen molar-refractivity contribution in [3.05, 3.63) is 76.1 Å². The normalized spacial score (nSPS) is 10.7. The number of thioether (sulfide) groups is 1. The van der Waals surface area contributed by atoms with Gasteiger partial charge in [-0.05, 0) is 30.7 Å². The molecule has 26 heavy (non-hydrogen) atoms. The molecule has 1 aromatic heterocycles. The standard InChI is InChI=1S/C19H19ClN4OS/c1-13-6-5-8-14(10-13)18(25)21-11-17-22-23-19(24(17)2)26-12-15-7-3-4-9-16(15)20/h3-10H,11-12H2,1-2H3,(H,21,25). The predicted molar refractivity (Wildman–Crippen MR) is 104 cm³/mol. The van der Waals surface area contributed by atoms with Crippen LogP contribution in [0.25, 0.3) is 0 Å². The van der Waals surface area contributed by atoms with Crippen LogP contribution in [-0.2, 0) is 19.3 Å². The van der Waals surface area contributed by atoms with E-state index in [2.05, 4.69) is 15.5 Å². The summed E-state index contributed by atoms with van der Waals surface area (Å²) in [5, 5.41) is 12.8. The minimum Gasteiger partial charge on any atom is -0.345 e. The fourth-order valence-corrected chi connectivity index (χ4v) is 3.65. The third-order valence-corrected chi connectivity index (χ3v) is 5.36. The van der Waals surface area contributed by atoms with Gasteiger partial charge in [-0.3, -0.25) is 4.79 Å². The number of carbonyl (C=O) groups is 1. The maximum absolute atomic E-state index is 12.2. The number of benzene rings is 2. The summed E-state index contributed by atoms with van der Waals surface area (Å²) in [7, 11) is 1.89. The fraction of sp³-hybridized carbons (Fsp3) is 0.211. The number of nitrogens with zero attached hydrogens (tertiary/aromatic N) is 3. The van der Waals surface area contributed by atoms with Gasteiger partial charge in [0.05, 0.1) is 6.54 Å². The minimum atomic E-state index is -0.123. The molecule has 3 aromatic rings. The lowest BCUT2D eigenvalue weighted by Crippen LogP contribution is -2.24. The van der Waals surface area contributed by atoms with Crippen molar-refractivity contribution >= 4 is 29.3 Å². The van der Waals surface area contributed by atoms with Crippen LogP contribution >= 0.6 is 23.4 Å². The molecule has 0 unspecified atom stereocenters. The molecule has 0 aliphatic heterocycles. The smallest absolute Gasteiger partial charge is 0.251 e. The molecule has 0 fully saturated rings. The summed E-state index contributed by atoms with van der Waals surface area (Å²) in [6.45, 7) is 2.28. The quantitative estimate of drug-likeness (QED) is 0.650. The van der Waals surface area contributed by atoms with Crippen LogP contribution in [0.15, 0.2) is 53.7 Å². The van der Waals surface area contributed by atoms with E-state index in [1.165, 1.54) is 0 Å². The molecule has 3 rings (SSSR count). The second kappa shape index (κ2) is 8.38. The van der Waals surface area contributed by atoms with Crippen molar-refractivity contribution in [2.24, 2.45) is 7.05 Å². The third-order valence-electron chi connectivity index (χ3n) is 3.93. The van der Waals surface area contributed by atoms with Crippen molar-refractivity contribution in [3.63, 3.8) is 0 Å². The van der Waals surface area contributed by atoms with E-state index >= 15 is 0 Å². The van der Waals surface area contributed by atoms with E-state index in [9.17, 15) is 4.79 Å². The summed E-state index contributed by atoms with van der Waals surface area (Å²) in [4.78, 5) is 12.2. The Morgan fingerprint density at radius 2 is 2.00 bits per heavy atom. The second-order valence-electron chi connectivity index (χ2n) is 5.89. The van der Waals surface area contributed by atoms with Gasteiger partial charge in [0, 0.05) is 23.4 Å². The molecule has 134 valence electrons. The van der Waals surface area contributed by atoms with Gasteiger partial charge >= 0.3 is 0 Å². The largest absolute Gasteiger partial charge is 0.345 e. The van der Waals surface area contributed by atoms with E-state index in [1.807, 2.05) is 61.0 Å². The molecule has 0 atom stereocenters. The highest BCUT2D eigenvalue weighted by Crippen LogP contribution is 2.25. The van der Waals surface area contributed by atoms with Crippen LogP contribution in [-0.4, -0.2) is 20.7 Å². The molecule has 1 N–H and O–H groups in total. The topological polar surface area (TPSA) is 59.8 Å². The Balaban J connectivity index is 1.60. The van der Waals surface area contributed by atoms with Gasteiger partial charge in [0.25, 0.3) is 5.91 Å². The van der Waals surface area contributed by atoms with Gasteiger partial charge in [0.2, 0.25) is 0 Å². The molecule has 0 saturated heterocycles. The number of halogens is 1. The van der Waals surface area contributed by atoms with Crippen LogP contribution in [0.2, 0.25) is 5.02 Å². The first-order valence-electron chi connectivity index (χ1n) is 8.14. The van der Waals surface area contributed by atoms with Crippen LogP contribution in [0.5, 0.6) is 0 Å². The van der Waals surface area contributed by atoms with E-state index < -0.39 is 0 Å². The Kier molecular flexibility index (Phi) is 5.96. The molecule has 0 aliphatic carbocycles. The lowest BCUT2D eigenvalue weighted by molar-refractivity contribution is 0.0949. The van der Waals surface area contributed by atoms with Gasteiger partial charge in [-0.2, -0.15) is 0 Å². The van der Waals surface area contributed by atoms with Crippen molar-refractivity contribution in [1.82, 2.24) is 20.1 Å². The molecule has 0 bridgehead atoms. The number of hydrogen-bond acceptors (Lipinski definition) is 4. The zero-order valence-electron chi connectivity index (χ0n) is 14.6. The Hall–Kier alpha value is -2.31. The van der Waals surface area contributed by atoms with Gasteiger partial charge < -0.3 is 9.88 Å². The maximum Gasteiger partial charge on any atom is 0.251 e. The Labute approximate surface area is 161 Å². The van der Waals surface area contributed by atoms with Crippen molar-refractivity contribution < 1.29 is 4.79 Å². The first-order valence-corrected chi connectivity index (χ1v) is 9.50. The number of aryl methyl sites for hydroxylation is 1. The van der Waals surface area contributed by atoms with Crippen molar-refractivity contribution in [2.45, 2.75) is 24.4 Å². The van der Waals surface area contributed by atoms with E-state index in [-0.39, 0.29) is 5.91 Å². The third kappa shape index (κ3) is 4.45. The lowest BCUT2D eigenvalue weighted by Gasteiger charge is -2.07. The number of amides is 1. The number of rotatable bonds is 6. The Morgan fingerprint density at radius 3 is 2.77 bits per heavy atom. The predicted octanol–water partition coefficient (Wildman–Crippen LogP) is 4.00. The number of aromatic nitrogens is 3. The van der Waals surface area contributed by atoms with Gasteiger partial charge in [-0.25, -0.2) is 0 Å². The van der Waals surface area contributed by atoms with Gasteiger partial charge in [-0.15, -0.1) is 10.2 Å². The molecule has 0 saturated carbocycles. The van der Waals surface area contributed by atoms with Crippen LogP contribution in [0, 0.1) is 6.92 Å². The van der Waals surface area contributed by atoms with Crippen molar-refractivity contribution in [2.75, 3.05) is 0 Å². The molecule has 0 spiro atoms. The van der Waals surface area contributed by atoms with E-state index in [0.29, 0.717) is 23.7 Å². The highest BCUT2D eigenvalue weighted by atomic mass is 35.5. The SMILES string of the molecule is Cc1cccc(C(=O)NCc2nnc(SCc3ccccc3Cl)n2C)c1. The number of hydrogen-bond donors (Lipinski definition) is 1. The number of carbonyl (C=O) groups excluding carboxylic acids is 1. The Bertz CT molecular complexity index is 925. The van der Waals surface area contributed by atoms with Gasteiger partial charge in [0.1, 0.15) is 0 Å². The summed E-state index contributed by atoms with van der Waals surface area (Å²) in [6, 6.07) is 15.2. The summed E-state index contributed by atoms with van der Waals surface area (Å²) >= 11 is 7.75. The highest BCUT2D eigenvalue weighted by Gasteiger charge is 2.12. The van der Waals surface area contributed by atoms with Crippen LogP contribution < -0.4 is 5.32 Å². The van der Waals surface area contributed by atoms with E-state index in [4.69, 9.17) is 11.6 Å². The van der Waals surface area contributed by atoms with Gasteiger partial charge in [-0.1, -0.05) is 59.3 Å². The van der Waals surface area contributed by atoms with Crippen LogP contribution in [0.1, 0.15) is 27.3 Å². The van der Waals surface area contributed by atoms with Crippen LogP contribution in [0.3, 0.4) is 0 Å². The summed E-state index contributed by atoms with van der Waals surface area (Å²) in [5.74, 6) is 1.29. The molecule has 5 nitrogen and oxygen atoms in total. The van der Waals surface area contributed by atoms with E-state index in [1.54, 1.807) is 17.8 Å². The van der Waals surface area contributed by atoms with E-state index in [0.717, 1.165) is 21.3 Å². The molecule has 0 radical (unpaired) electrons. The molecular weight excluding hydrogens is 368 g/mol. The zero-order valence-corrected chi connectivity index (χ0v) is 16.1. The first kappa shape index (κ1) is 18.5. The Morgan fingerprint density at radius 1 is 1.19 bits per heavy atom. The van der Waals surface area contributed by atoms with Crippen molar-refractivity contribution in [1.29, 1.82) is 0 Å². The zero-order chi connectivity index (χ0) is 18.5. The summed E-state index contributed by atoms with van der Waals surface area (Å²) < 4.78 is 1.89. The molecule has 1 heterocycles. The molecular formula is C19H19ClN4OS. The molecule has 0 aliphatic rings. The molecule has 1 amide bonds. The monoisotopic (exact) mass is 386 g/mol. The fourth-order valence-electron chi connectivity index (χ4n) is 2.43. The van der Waals surface area contributed by atoms with Gasteiger partial charge in [0.15, 0.2) is 11.0 Å². The lowest BCUT2D eigenvalue weighted by atomic mass is 10.1. The maximum atomic E-state index is 12.2. The number of nitrogens with one attached hydrogen (secondary N) is 1. The average molecular weight is 387 g/mol. The highest BCUT2D eigenvalue weighted by molar-refractivity contribution is 7.98. The first-order chi connectivity index (χ1) is 12.5.